The van der Waals surface area contributed by atoms with Crippen molar-refractivity contribution in [3.63, 3.8) is 0 Å². The molecule has 1 aromatic carbocycles. The van der Waals surface area contributed by atoms with E-state index in [1.54, 1.807) is 12.1 Å². The van der Waals surface area contributed by atoms with Crippen LogP contribution in [0.4, 0.5) is 4.39 Å². The summed E-state index contributed by atoms with van der Waals surface area (Å²) >= 11 is 0. The molecule has 1 aliphatic rings. The molecule has 1 fully saturated rings. The molecule has 0 saturated heterocycles. The molecule has 0 spiro atoms. The lowest BCUT2D eigenvalue weighted by atomic mass is 9.84. The van der Waals surface area contributed by atoms with E-state index < -0.39 is 0 Å². The van der Waals surface area contributed by atoms with Crippen LogP contribution in [-0.4, -0.2) is 30.6 Å². The molecular formula is C15H23FN2. The summed E-state index contributed by atoms with van der Waals surface area (Å²) < 4.78 is 13.2. The van der Waals surface area contributed by atoms with E-state index in [1.165, 1.54) is 18.9 Å². The lowest BCUT2D eigenvalue weighted by molar-refractivity contribution is 0.123. The van der Waals surface area contributed by atoms with Crippen LogP contribution < -0.4 is 5.73 Å². The summed E-state index contributed by atoms with van der Waals surface area (Å²) in [6.45, 7) is 0. The van der Waals surface area contributed by atoms with Gasteiger partial charge in [0.2, 0.25) is 0 Å². The SMILES string of the molecule is CN(C)C1(C(N)Cc2cccc(F)c2)CCCC1. The van der Waals surface area contributed by atoms with Gasteiger partial charge in [-0.3, -0.25) is 0 Å². The highest BCUT2D eigenvalue weighted by Gasteiger charge is 2.41. The highest BCUT2D eigenvalue weighted by Crippen LogP contribution is 2.36. The quantitative estimate of drug-likeness (QED) is 0.890. The number of rotatable bonds is 4. The zero-order valence-corrected chi connectivity index (χ0v) is 11.3. The Morgan fingerprint density at radius 2 is 2.00 bits per heavy atom. The van der Waals surface area contributed by atoms with E-state index in [-0.39, 0.29) is 17.4 Å². The highest BCUT2D eigenvalue weighted by atomic mass is 19.1. The van der Waals surface area contributed by atoms with Gasteiger partial charge in [0, 0.05) is 11.6 Å². The number of benzene rings is 1. The highest BCUT2D eigenvalue weighted by molar-refractivity contribution is 5.19. The van der Waals surface area contributed by atoms with E-state index in [0.717, 1.165) is 24.8 Å². The van der Waals surface area contributed by atoms with Gasteiger partial charge in [-0.25, -0.2) is 4.39 Å². The van der Waals surface area contributed by atoms with Gasteiger partial charge in [-0.05, 0) is 51.1 Å². The van der Waals surface area contributed by atoms with Gasteiger partial charge in [0.1, 0.15) is 5.82 Å². The molecule has 0 radical (unpaired) electrons. The second kappa shape index (κ2) is 5.37. The summed E-state index contributed by atoms with van der Waals surface area (Å²) in [4.78, 5) is 2.27. The van der Waals surface area contributed by atoms with Crippen LogP contribution in [-0.2, 0) is 6.42 Å². The average Bonchev–Trinajstić information content (AvgIpc) is 2.79. The summed E-state index contributed by atoms with van der Waals surface area (Å²) in [5.74, 6) is -0.176. The Kier molecular flexibility index (Phi) is 4.03. The van der Waals surface area contributed by atoms with Crippen molar-refractivity contribution in [3.8, 4) is 0 Å². The van der Waals surface area contributed by atoms with Crippen LogP contribution in [0.25, 0.3) is 0 Å². The summed E-state index contributed by atoms with van der Waals surface area (Å²) in [5.41, 5.74) is 7.52. The van der Waals surface area contributed by atoms with E-state index in [9.17, 15) is 4.39 Å². The van der Waals surface area contributed by atoms with E-state index in [0.29, 0.717) is 0 Å². The van der Waals surface area contributed by atoms with Crippen LogP contribution in [0, 0.1) is 5.82 Å². The Labute approximate surface area is 109 Å². The first kappa shape index (κ1) is 13.5. The number of nitrogens with zero attached hydrogens (tertiary/aromatic N) is 1. The minimum atomic E-state index is -0.176. The van der Waals surface area contributed by atoms with Crippen LogP contribution in [0.15, 0.2) is 24.3 Å². The Balaban J connectivity index is 2.13. The lowest BCUT2D eigenvalue weighted by Gasteiger charge is -2.41. The van der Waals surface area contributed by atoms with Gasteiger partial charge in [0.05, 0.1) is 0 Å². The van der Waals surface area contributed by atoms with Crippen LogP contribution in [0.5, 0.6) is 0 Å². The molecule has 0 bridgehead atoms. The predicted molar refractivity (Wildman–Crippen MR) is 73.0 cm³/mol. The van der Waals surface area contributed by atoms with Crippen molar-refractivity contribution < 1.29 is 4.39 Å². The molecule has 0 amide bonds. The molecule has 2 N–H and O–H groups in total. The molecule has 0 aliphatic heterocycles. The monoisotopic (exact) mass is 250 g/mol. The van der Waals surface area contributed by atoms with Gasteiger partial charge in [0.15, 0.2) is 0 Å². The topological polar surface area (TPSA) is 29.3 Å². The van der Waals surface area contributed by atoms with Gasteiger partial charge in [-0.2, -0.15) is 0 Å². The van der Waals surface area contributed by atoms with Gasteiger partial charge >= 0.3 is 0 Å². The molecule has 0 heterocycles. The van der Waals surface area contributed by atoms with Gasteiger partial charge in [0.25, 0.3) is 0 Å². The van der Waals surface area contributed by atoms with Gasteiger partial charge in [-0.1, -0.05) is 25.0 Å². The second-order valence-electron chi connectivity index (χ2n) is 5.65. The first-order valence-corrected chi connectivity index (χ1v) is 6.72. The van der Waals surface area contributed by atoms with Crippen molar-refractivity contribution in [2.45, 2.75) is 43.7 Å². The van der Waals surface area contributed by atoms with Crippen LogP contribution in [0.3, 0.4) is 0 Å². The van der Waals surface area contributed by atoms with E-state index in [4.69, 9.17) is 5.73 Å². The van der Waals surface area contributed by atoms with Crippen LogP contribution in [0.1, 0.15) is 31.2 Å². The number of halogens is 1. The van der Waals surface area contributed by atoms with Crippen molar-refractivity contribution in [3.05, 3.63) is 35.6 Å². The summed E-state index contributed by atoms with van der Waals surface area (Å²) in [5, 5.41) is 0. The molecule has 0 aromatic heterocycles. The number of hydrogen-bond donors (Lipinski definition) is 1. The number of hydrogen-bond acceptors (Lipinski definition) is 2. The molecule has 1 aromatic rings. The zero-order valence-electron chi connectivity index (χ0n) is 11.3. The largest absolute Gasteiger partial charge is 0.326 e. The minimum Gasteiger partial charge on any atom is -0.326 e. The maximum absolute atomic E-state index is 13.2. The first-order valence-electron chi connectivity index (χ1n) is 6.72. The standard InChI is InChI=1S/C15H23FN2/c1-18(2)15(8-3-4-9-15)14(17)11-12-6-5-7-13(16)10-12/h5-7,10,14H,3-4,8-9,11,17H2,1-2H3. The normalized spacial score (nSPS) is 20.3. The van der Waals surface area contributed by atoms with Crippen molar-refractivity contribution >= 4 is 0 Å². The zero-order chi connectivity index (χ0) is 13.2. The average molecular weight is 250 g/mol. The van der Waals surface area contributed by atoms with Crippen LogP contribution in [0.2, 0.25) is 0 Å². The molecule has 2 nitrogen and oxygen atoms in total. The molecule has 2 rings (SSSR count). The predicted octanol–water partition coefficient (Wildman–Crippen LogP) is 2.57. The fourth-order valence-corrected chi connectivity index (χ4v) is 3.24. The molecule has 1 saturated carbocycles. The number of nitrogens with two attached hydrogens (primary N) is 1. The van der Waals surface area contributed by atoms with Crippen molar-refractivity contribution in [1.29, 1.82) is 0 Å². The number of likely N-dealkylation sites (N-methyl/N-ethyl adjacent to an activating group) is 1. The molecule has 18 heavy (non-hydrogen) atoms. The first-order chi connectivity index (χ1) is 8.54. The van der Waals surface area contributed by atoms with E-state index >= 15 is 0 Å². The fourth-order valence-electron chi connectivity index (χ4n) is 3.24. The summed E-state index contributed by atoms with van der Waals surface area (Å²) in [7, 11) is 4.22. The maximum atomic E-state index is 13.2. The molecule has 3 heteroatoms. The third-order valence-corrected chi connectivity index (χ3v) is 4.39. The lowest BCUT2D eigenvalue weighted by Crippen LogP contribution is -2.56. The van der Waals surface area contributed by atoms with Crippen LogP contribution >= 0.6 is 0 Å². The fraction of sp³-hybridized carbons (Fsp3) is 0.600. The Morgan fingerprint density at radius 3 is 2.56 bits per heavy atom. The maximum Gasteiger partial charge on any atom is 0.123 e. The smallest absolute Gasteiger partial charge is 0.123 e. The third-order valence-electron chi connectivity index (χ3n) is 4.39. The van der Waals surface area contributed by atoms with Crippen molar-refractivity contribution in [2.24, 2.45) is 5.73 Å². The summed E-state index contributed by atoms with van der Waals surface area (Å²) in [6.07, 6.45) is 5.53. The van der Waals surface area contributed by atoms with E-state index in [1.807, 2.05) is 6.07 Å². The Hall–Kier alpha value is -0.930. The minimum absolute atomic E-state index is 0.0665. The summed E-state index contributed by atoms with van der Waals surface area (Å²) in [6, 6.07) is 6.86. The molecule has 1 atom stereocenters. The Bertz CT molecular complexity index is 397. The molecule has 1 unspecified atom stereocenters. The van der Waals surface area contributed by atoms with E-state index in [2.05, 4.69) is 19.0 Å². The van der Waals surface area contributed by atoms with Gasteiger partial charge in [-0.15, -0.1) is 0 Å². The Morgan fingerprint density at radius 1 is 1.33 bits per heavy atom. The molecule has 100 valence electrons. The molecular weight excluding hydrogens is 227 g/mol. The molecule has 1 aliphatic carbocycles. The van der Waals surface area contributed by atoms with Crippen molar-refractivity contribution in [2.75, 3.05) is 14.1 Å². The second-order valence-corrected chi connectivity index (χ2v) is 5.65. The van der Waals surface area contributed by atoms with Crippen molar-refractivity contribution in [1.82, 2.24) is 4.90 Å². The van der Waals surface area contributed by atoms with Gasteiger partial charge < -0.3 is 10.6 Å². The third kappa shape index (κ3) is 2.57.